The summed E-state index contributed by atoms with van der Waals surface area (Å²) in [6.45, 7) is 0. The van der Waals surface area contributed by atoms with Gasteiger partial charge in [-0.1, -0.05) is 11.3 Å². The number of H-pyrrole nitrogens is 1. The van der Waals surface area contributed by atoms with Gasteiger partial charge in [-0.2, -0.15) is 5.10 Å². The van der Waals surface area contributed by atoms with Crippen LogP contribution >= 0.6 is 11.3 Å². The molecule has 1 aromatic carbocycles. The molecule has 132 valence electrons. The maximum absolute atomic E-state index is 12.0. The lowest BCUT2D eigenvalue weighted by Crippen LogP contribution is -2.16. The Morgan fingerprint density at radius 1 is 1.31 bits per heavy atom. The van der Waals surface area contributed by atoms with E-state index in [1.54, 1.807) is 13.3 Å². The zero-order chi connectivity index (χ0) is 18.3. The summed E-state index contributed by atoms with van der Waals surface area (Å²) in [6.07, 6.45) is 3.04. The first-order valence-electron chi connectivity index (χ1n) is 7.49. The third-order valence-corrected chi connectivity index (χ3v) is 4.71. The van der Waals surface area contributed by atoms with Crippen LogP contribution in [0.15, 0.2) is 35.4 Å². The van der Waals surface area contributed by atoms with Crippen molar-refractivity contribution in [2.75, 3.05) is 19.6 Å². The van der Waals surface area contributed by atoms with Gasteiger partial charge in [-0.25, -0.2) is 14.9 Å². The summed E-state index contributed by atoms with van der Waals surface area (Å²) >= 11 is 1.41. The lowest BCUT2D eigenvalue weighted by Gasteiger charge is -2.11. The SMILES string of the molecule is COC(=O)c1cn(Nc2nc3ccc(OC)cc3s2)cc2c(=O)[nH]nc1-2. The van der Waals surface area contributed by atoms with Crippen LogP contribution < -0.4 is 15.7 Å². The Morgan fingerprint density at radius 3 is 2.92 bits per heavy atom. The topological polar surface area (TPSA) is 111 Å². The number of benzene rings is 1. The summed E-state index contributed by atoms with van der Waals surface area (Å²) < 4.78 is 12.4. The van der Waals surface area contributed by atoms with Gasteiger partial charge in [-0.3, -0.25) is 14.9 Å². The van der Waals surface area contributed by atoms with Crippen molar-refractivity contribution in [2.45, 2.75) is 0 Å². The van der Waals surface area contributed by atoms with E-state index >= 15 is 0 Å². The number of hydrogen-bond acceptors (Lipinski definition) is 8. The standard InChI is InChI=1S/C16H13N5O4S/c1-24-8-3-4-11-12(5-8)26-16(17-11)20-21-6-9-13(18-19-14(9)22)10(7-21)15(23)25-2/h3-7H,1-2H3,(H,17,20)(H,19,22). The minimum absolute atomic E-state index is 0.165. The molecule has 0 saturated carbocycles. The van der Waals surface area contributed by atoms with Gasteiger partial charge in [0.15, 0.2) is 0 Å². The van der Waals surface area contributed by atoms with Crippen LogP contribution in [-0.4, -0.2) is 40.0 Å². The van der Waals surface area contributed by atoms with E-state index in [0.717, 1.165) is 16.0 Å². The Labute approximate surface area is 150 Å². The molecular formula is C16H13N5O4S. The van der Waals surface area contributed by atoms with Gasteiger partial charge in [-0.15, -0.1) is 0 Å². The predicted octanol–water partition coefficient (Wildman–Crippen LogP) is 1.96. The molecule has 2 aromatic rings. The molecule has 2 aliphatic rings. The summed E-state index contributed by atoms with van der Waals surface area (Å²) in [7, 11) is 2.87. The Hall–Kier alpha value is -3.40. The van der Waals surface area contributed by atoms with E-state index in [1.165, 1.54) is 29.3 Å². The molecule has 4 rings (SSSR count). The molecule has 0 bridgehead atoms. The molecule has 0 aliphatic carbocycles. The fourth-order valence-corrected chi connectivity index (χ4v) is 3.45. The number of nitrogens with one attached hydrogen (secondary N) is 2. The maximum Gasteiger partial charge on any atom is 0.341 e. The molecule has 1 aromatic heterocycles. The number of rotatable bonds is 4. The van der Waals surface area contributed by atoms with Gasteiger partial charge in [0, 0.05) is 12.4 Å². The van der Waals surface area contributed by atoms with Gasteiger partial charge in [-0.05, 0) is 18.2 Å². The molecule has 0 unspecified atom stereocenters. The van der Waals surface area contributed by atoms with Gasteiger partial charge in [0.25, 0.3) is 5.56 Å². The van der Waals surface area contributed by atoms with Gasteiger partial charge in [0.2, 0.25) is 5.13 Å². The Bertz CT molecular complexity index is 1150. The molecule has 0 fully saturated rings. The van der Waals surface area contributed by atoms with Crippen molar-refractivity contribution in [1.82, 2.24) is 19.9 Å². The number of esters is 1. The van der Waals surface area contributed by atoms with E-state index in [2.05, 4.69) is 20.6 Å². The molecule has 0 atom stereocenters. The van der Waals surface area contributed by atoms with E-state index in [9.17, 15) is 9.59 Å². The number of fused-ring (bicyclic) bond motifs is 2. The van der Waals surface area contributed by atoms with E-state index in [-0.39, 0.29) is 16.8 Å². The normalized spacial score (nSPS) is 11.0. The summed E-state index contributed by atoms with van der Waals surface area (Å²) in [4.78, 5) is 28.4. The zero-order valence-corrected chi connectivity index (χ0v) is 14.6. The summed E-state index contributed by atoms with van der Waals surface area (Å²) in [5.41, 5.74) is 4.16. The average Bonchev–Trinajstić information content (AvgIpc) is 3.23. The summed E-state index contributed by atoms with van der Waals surface area (Å²) in [6, 6.07) is 5.57. The van der Waals surface area contributed by atoms with Crippen LogP contribution in [0.5, 0.6) is 5.75 Å². The van der Waals surface area contributed by atoms with Crippen LogP contribution in [-0.2, 0) is 4.74 Å². The maximum atomic E-state index is 12.0. The number of nitrogens with zero attached hydrogens (tertiary/aromatic N) is 3. The van der Waals surface area contributed by atoms with Gasteiger partial charge in [0.1, 0.15) is 17.0 Å². The van der Waals surface area contributed by atoms with Crippen molar-refractivity contribution >= 4 is 32.7 Å². The molecule has 0 amide bonds. The molecule has 0 spiro atoms. The number of aromatic amines is 1. The minimum Gasteiger partial charge on any atom is -0.497 e. The third-order valence-electron chi connectivity index (χ3n) is 3.79. The smallest absolute Gasteiger partial charge is 0.341 e. The molecule has 0 radical (unpaired) electrons. The number of methoxy groups -OCH3 is 2. The predicted molar refractivity (Wildman–Crippen MR) is 96.0 cm³/mol. The fraction of sp³-hybridized carbons (Fsp3) is 0.125. The Balaban J connectivity index is 1.77. The Kier molecular flexibility index (Phi) is 3.81. The molecule has 10 heteroatoms. The number of ether oxygens (including phenoxy) is 2. The average molecular weight is 371 g/mol. The number of anilines is 1. The van der Waals surface area contributed by atoms with E-state index in [4.69, 9.17) is 9.47 Å². The summed E-state index contributed by atoms with van der Waals surface area (Å²) in [5, 5.41) is 6.81. The van der Waals surface area contributed by atoms with Gasteiger partial charge >= 0.3 is 5.97 Å². The van der Waals surface area contributed by atoms with E-state index < -0.39 is 11.5 Å². The second-order valence-electron chi connectivity index (χ2n) is 5.35. The minimum atomic E-state index is -0.591. The van der Waals surface area contributed by atoms with Crippen LogP contribution in [0.4, 0.5) is 5.13 Å². The highest BCUT2D eigenvalue weighted by Crippen LogP contribution is 2.29. The lowest BCUT2D eigenvalue weighted by atomic mass is 10.1. The van der Waals surface area contributed by atoms with Gasteiger partial charge < -0.3 is 9.47 Å². The largest absolute Gasteiger partial charge is 0.497 e. The van der Waals surface area contributed by atoms with Crippen LogP contribution in [0.3, 0.4) is 0 Å². The van der Waals surface area contributed by atoms with Crippen molar-refractivity contribution in [3.05, 3.63) is 46.5 Å². The number of hydrogen-bond donors (Lipinski definition) is 2. The number of aromatic nitrogens is 4. The molecule has 2 N–H and O–H groups in total. The van der Waals surface area contributed by atoms with Crippen molar-refractivity contribution in [3.8, 4) is 17.0 Å². The van der Waals surface area contributed by atoms with Crippen molar-refractivity contribution in [2.24, 2.45) is 0 Å². The number of pyridine rings is 1. The van der Waals surface area contributed by atoms with E-state index in [1.807, 2.05) is 18.2 Å². The highest BCUT2D eigenvalue weighted by molar-refractivity contribution is 7.22. The second-order valence-corrected chi connectivity index (χ2v) is 6.38. The number of carbonyl (C=O) groups is 1. The first-order valence-corrected chi connectivity index (χ1v) is 8.31. The quantitative estimate of drug-likeness (QED) is 0.528. The summed E-state index contributed by atoms with van der Waals surface area (Å²) in [5.74, 6) is 0.149. The first-order chi connectivity index (χ1) is 12.6. The van der Waals surface area contributed by atoms with Crippen molar-refractivity contribution < 1.29 is 14.3 Å². The van der Waals surface area contributed by atoms with Crippen molar-refractivity contribution in [1.29, 1.82) is 0 Å². The highest BCUT2D eigenvalue weighted by Gasteiger charge is 2.22. The second kappa shape index (κ2) is 6.15. The van der Waals surface area contributed by atoms with Crippen LogP contribution in [0.2, 0.25) is 0 Å². The van der Waals surface area contributed by atoms with Crippen LogP contribution in [0.25, 0.3) is 21.5 Å². The first kappa shape index (κ1) is 16.1. The zero-order valence-electron chi connectivity index (χ0n) is 13.8. The number of carbonyl (C=O) groups excluding carboxylic acids is 1. The highest BCUT2D eigenvalue weighted by atomic mass is 32.1. The molecule has 0 saturated heterocycles. The Morgan fingerprint density at radius 2 is 2.15 bits per heavy atom. The van der Waals surface area contributed by atoms with Crippen LogP contribution in [0.1, 0.15) is 10.4 Å². The molecule has 2 aliphatic heterocycles. The molecular weight excluding hydrogens is 358 g/mol. The van der Waals surface area contributed by atoms with Gasteiger partial charge in [0.05, 0.1) is 30.0 Å². The molecule has 9 nitrogen and oxygen atoms in total. The van der Waals surface area contributed by atoms with Crippen LogP contribution in [0, 0.1) is 0 Å². The lowest BCUT2D eigenvalue weighted by molar-refractivity contribution is 0.0600. The van der Waals surface area contributed by atoms with Crippen molar-refractivity contribution in [3.63, 3.8) is 0 Å². The van der Waals surface area contributed by atoms with E-state index in [0.29, 0.717) is 5.13 Å². The molecule has 3 heterocycles. The monoisotopic (exact) mass is 371 g/mol. The third kappa shape index (κ3) is 2.65. The molecule has 26 heavy (non-hydrogen) atoms. The number of thiazole rings is 1. The fourth-order valence-electron chi connectivity index (χ4n) is 2.55.